The van der Waals surface area contributed by atoms with E-state index in [0.717, 1.165) is 31.3 Å². The number of allylic oxidation sites excluding steroid dienone is 1. The normalized spacial score (nSPS) is 44.8. The summed E-state index contributed by atoms with van der Waals surface area (Å²) in [6.45, 7) is 12.0. The van der Waals surface area contributed by atoms with Gasteiger partial charge in [0.15, 0.2) is 0 Å². The lowest BCUT2D eigenvalue weighted by atomic mass is 9.43. The first-order valence-corrected chi connectivity index (χ1v) is 11.6. The molecule has 3 saturated carbocycles. The number of nitrogens with zero attached hydrogens (tertiary/aromatic N) is 1. The molecule has 4 aliphatic rings. The number of aliphatic carboxylic acids is 1. The molecule has 4 heteroatoms. The molecule has 3 fully saturated rings. The molecule has 7 unspecified atom stereocenters. The number of rotatable bonds is 7. The van der Waals surface area contributed by atoms with Crippen LogP contribution in [-0.2, 0) is 9.53 Å². The minimum Gasteiger partial charge on any atom is -0.481 e. The Balaban J connectivity index is 1.84. The first-order chi connectivity index (χ1) is 13.7. The van der Waals surface area contributed by atoms with Crippen LogP contribution in [-0.4, -0.2) is 24.3 Å². The summed E-state index contributed by atoms with van der Waals surface area (Å²) in [5.41, 5.74) is -1.33. The smallest absolute Gasteiger partial charge is 0.316 e. The molecular weight excluding hydrogens is 362 g/mol. The summed E-state index contributed by atoms with van der Waals surface area (Å²) in [5, 5.41) is 21.5. The highest BCUT2D eigenvalue weighted by molar-refractivity contribution is 5.85. The number of hydrogen-bond acceptors (Lipinski definition) is 3. The van der Waals surface area contributed by atoms with Crippen LogP contribution in [0.4, 0.5) is 0 Å². The zero-order valence-electron chi connectivity index (χ0n) is 18.7. The van der Waals surface area contributed by atoms with Gasteiger partial charge in [-0.15, -0.1) is 0 Å². The van der Waals surface area contributed by atoms with E-state index in [0.29, 0.717) is 37.4 Å². The van der Waals surface area contributed by atoms with Gasteiger partial charge in [-0.2, -0.15) is 5.26 Å². The number of ether oxygens (including phenoxy) is 1. The first kappa shape index (κ1) is 20.9. The fourth-order valence-electron chi connectivity index (χ4n) is 8.11. The summed E-state index contributed by atoms with van der Waals surface area (Å²) in [6.07, 6.45) is 6.95. The molecule has 4 nitrogen and oxygen atoms in total. The van der Waals surface area contributed by atoms with Crippen LogP contribution in [0.1, 0.15) is 66.7 Å². The SMILES string of the molecule is CC(C)CCOCC12CC3C(C)CCC3C3(C#N)CC1C=C(C(C)C)C32C(=O)O. The number of fused-ring (bicyclic) bond motifs is 2. The van der Waals surface area contributed by atoms with Gasteiger partial charge in [0.1, 0.15) is 5.41 Å². The zero-order valence-corrected chi connectivity index (χ0v) is 18.7. The van der Waals surface area contributed by atoms with Crippen LogP contribution in [0, 0.1) is 63.1 Å². The molecule has 0 aliphatic heterocycles. The molecule has 7 atom stereocenters. The summed E-state index contributed by atoms with van der Waals surface area (Å²) in [4.78, 5) is 13.2. The minimum absolute atomic E-state index is 0.134. The molecule has 0 aromatic carbocycles. The first-order valence-electron chi connectivity index (χ1n) is 11.6. The zero-order chi connectivity index (χ0) is 21.2. The van der Waals surface area contributed by atoms with Crippen molar-refractivity contribution in [2.75, 3.05) is 13.2 Å². The molecule has 0 spiro atoms. The minimum atomic E-state index is -1.09. The highest BCUT2D eigenvalue weighted by Gasteiger charge is 2.84. The Kier molecular flexibility index (Phi) is 4.93. The van der Waals surface area contributed by atoms with E-state index in [2.05, 4.69) is 46.8 Å². The molecule has 1 N–H and O–H groups in total. The van der Waals surface area contributed by atoms with Crippen molar-refractivity contribution in [2.45, 2.75) is 66.7 Å². The Morgan fingerprint density at radius 1 is 1.31 bits per heavy atom. The molecule has 29 heavy (non-hydrogen) atoms. The largest absolute Gasteiger partial charge is 0.481 e. The summed E-state index contributed by atoms with van der Waals surface area (Å²) in [7, 11) is 0. The van der Waals surface area contributed by atoms with E-state index in [1.54, 1.807) is 0 Å². The predicted octanol–water partition coefficient (Wildman–Crippen LogP) is 5.30. The number of carboxylic acid groups (broad SMARTS) is 1. The van der Waals surface area contributed by atoms with Gasteiger partial charge in [0.25, 0.3) is 0 Å². The Bertz CT molecular complexity index is 765. The summed E-state index contributed by atoms with van der Waals surface area (Å²) >= 11 is 0. The Hall–Kier alpha value is -1.34. The van der Waals surface area contributed by atoms with Gasteiger partial charge in [0.2, 0.25) is 0 Å². The maximum Gasteiger partial charge on any atom is 0.316 e. The monoisotopic (exact) mass is 399 g/mol. The average Bonchev–Trinajstić information content (AvgIpc) is 3.22. The number of carbonyl (C=O) groups is 1. The molecule has 4 bridgehead atoms. The van der Waals surface area contributed by atoms with Gasteiger partial charge in [0.05, 0.1) is 18.1 Å². The second-order valence-corrected chi connectivity index (χ2v) is 11.1. The van der Waals surface area contributed by atoms with E-state index < -0.39 is 22.2 Å². The third-order valence-corrected chi connectivity index (χ3v) is 9.24. The van der Waals surface area contributed by atoms with Crippen LogP contribution < -0.4 is 0 Å². The van der Waals surface area contributed by atoms with E-state index in [4.69, 9.17) is 4.74 Å². The van der Waals surface area contributed by atoms with Crippen molar-refractivity contribution in [1.29, 1.82) is 5.26 Å². The standard InChI is InChI=1S/C25H37NO3/c1-15(2)8-9-29-14-24-12-19-17(5)6-7-20(19)23(13-26)11-18(24)10-21(16(3)4)25(23,24)22(27)28/h10,15-20H,6-9,11-12,14H2,1-5H3,(H,27,28). The number of carboxylic acids is 1. The van der Waals surface area contributed by atoms with Gasteiger partial charge in [0, 0.05) is 12.0 Å². The van der Waals surface area contributed by atoms with Crippen molar-refractivity contribution in [2.24, 2.45) is 51.8 Å². The van der Waals surface area contributed by atoms with Gasteiger partial charge in [-0.05, 0) is 61.2 Å². The topological polar surface area (TPSA) is 70.3 Å². The maximum absolute atomic E-state index is 13.2. The second kappa shape index (κ2) is 6.84. The highest BCUT2D eigenvalue weighted by Crippen LogP contribution is 2.83. The van der Waals surface area contributed by atoms with Gasteiger partial charge >= 0.3 is 5.97 Å². The van der Waals surface area contributed by atoms with E-state index in [1.165, 1.54) is 0 Å². The number of hydrogen-bond donors (Lipinski definition) is 1. The fraction of sp³-hybridized carbons (Fsp3) is 0.840. The van der Waals surface area contributed by atoms with Crippen LogP contribution in [0.2, 0.25) is 0 Å². The van der Waals surface area contributed by atoms with Gasteiger partial charge < -0.3 is 9.84 Å². The predicted molar refractivity (Wildman–Crippen MR) is 112 cm³/mol. The van der Waals surface area contributed by atoms with Crippen molar-refractivity contribution in [3.63, 3.8) is 0 Å². The van der Waals surface area contributed by atoms with E-state index in [9.17, 15) is 15.2 Å². The lowest BCUT2D eigenvalue weighted by molar-refractivity contribution is -0.179. The van der Waals surface area contributed by atoms with Crippen molar-refractivity contribution < 1.29 is 14.6 Å². The lowest BCUT2D eigenvalue weighted by Gasteiger charge is -2.57. The maximum atomic E-state index is 13.2. The average molecular weight is 400 g/mol. The molecule has 0 amide bonds. The number of nitriles is 1. The van der Waals surface area contributed by atoms with Crippen LogP contribution >= 0.6 is 0 Å². The van der Waals surface area contributed by atoms with Crippen LogP contribution in [0.25, 0.3) is 0 Å². The molecule has 0 heterocycles. The second-order valence-electron chi connectivity index (χ2n) is 11.1. The highest BCUT2D eigenvalue weighted by atomic mass is 16.5. The van der Waals surface area contributed by atoms with E-state index >= 15 is 0 Å². The van der Waals surface area contributed by atoms with Crippen LogP contribution in [0.5, 0.6) is 0 Å². The van der Waals surface area contributed by atoms with Crippen molar-refractivity contribution in [3.05, 3.63) is 11.6 Å². The Morgan fingerprint density at radius 2 is 2.03 bits per heavy atom. The summed E-state index contributed by atoms with van der Waals surface area (Å²) in [6, 6.07) is 2.70. The van der Waals surface area contributed by atoms with Gasteiger partial charge in [-0.3, -0.25) is 4.79 Å². The summed E-state index contributed by atoms with van der Waals surface area (Å²) < 4.78 is 6.26. The lowest BCUT2D eigenvalue weighted by Crippen LogP contribution is -2.62. The molecule has 0 saturated heterocycles. The van der Waals surface area contributed by atoms with Crippen molar-refractivity contribution >= 4 is 5.97 Å². The van der Waals surface area contributed by atoms with Crippen molar-refractivity contribution in [1.82, 2.24) is 0 Å². The van der Waals surface area contributed by atoms with Gasteiger partial charge in [-0.25, -0.2) is 0 Å². The van der Waals surface area contributed by atoms with Crippen molar-refractivity contribution in [3.8, 4) is 6.07 Å². The molecule has 0 aromatic rings. The van der Waals surface area contributed by atoms with Crippen LogP contribution in [0.3, 0.4) is 0 Å². The van der Waals surface area contributed by atoms with E-state index in [-0.39, 0.29) is 17.8 Å². The van der Waals surface area contributed by atoms with E-state index in [1.807, 2.05) is 0 Å². The van der Waals surface area contributed by atoms with Gasteiger partial charge in [-0.1, -0.05) is 52.7 Å². The molecule has 4 rings (SSSR count). The van der Waals surface area contributed by atoms with Crippen LogP contribution in [0.15, 0.2) is 11.6 Å². The third kappa shape index (κ3) is 2.37. The molecule has 160 valence electrons. The summed E-state index contributed by atoms with van der Waals surface area (Å²) in [5.74, 6) is 1.28. The Morgan fingerprint density at radius 3 is 2.62 bits per heavy atom. The fourth-order valence-corrected chi connectivity index (χ4v) is 8.11. The Labute approximate surface area is 175 Å². The third-order valence-electron chi connectivity index (χ3n) is 9.24. The molecular formula is C25H37NO3. The molecule has 0 aromatic heterocycles. The quantitative estimate of drug-likeness (QED) is 0.466. The molecule has 0 radical (unpaired) electrons. The molecule has 4 aliphatic carbocycles.